The average molecular weight is 484 g/mol. The number of carboxylic acids is 1. The molecule has 0 atom stereocenters. The van der Waals surface area contributed by atoms with Crippen LogP contribution in [-0.4, -0.2) is 32.7 Å². The fraction of sp³-hybridized carbons (Fsp3) is 0.286. The van der Waals surface area contributed by atoms with Gasteiger partial charge in [0.05, 0.1) is 15.0 Å². The maximum atomic E-state index is 12.7. The standard InChI is InChI=1S/C21H19Cl2NO4S2/c22-15-8-6-13(11-16(15)23)17-9-7-14(28-17)12-18-20(27)24(21(29)30-18)10-4-2-1-3-5-19(25)26/h6-9,11-12H,1-5,10H2,(H,25,26). The number of benzene rings is 1. The van der Waals surface area contributed by atoms with Crippen molar-refractivity contribution in [2.24, 2.45) is 0 Å². The van der Waals surface area contributed by atoms with Crippen LogP contribution in [0, 0.1) is 0 Å². The Morgan fingerprint density at radius 3 is 2.63 bits per heavy atom. The van der Waals surface area contributed by atoms with E-state index in [4.69, 9.17) is 44.9 Å². The number of aliphatic carboxylic acids is 1. The lowest BCUT2D eigenvalue weighted by molar-refractivity contribution is -0.137. The zero-order valence-corrected chi connectivity index (χ0v) is 19.0. The van der Waals surface area contributed by atoms with E-state index in [-0.39, 0.29) is 12.3 Å². The first-order chi connectivity index (χ1) is 14.3. The molecular formula is C21H19Cl2NO4S2. The summed E-state index contributed by atoms with van der Waals surface area (Å²) in [5.74, 6) is 0.252. The summed E-state index contributed by atoms with van der Waals surface area (Å²) in [5, 5.41) is 9.56. The van der Waals surface area contributed by atoms with Gasteiger partial charge in [0, 0.05) is 24.6 Å². The van der Waals surface area contributed by atoms with Crippen LogP contribution in [0.4, 0.5) is 0 Å². The van der Waals surface area contributed by atoms with Crippen LogP contribution in [-0.2, 0) is 9.59 Å². The second-order valence-electron chi connectivity index (χ2n) is 6.72. The highest BCUT2D eigenvalue weighted by Gasteiger charge is 2.31. The molecule has 1 saturated heterocycles. The van der Waals surface area contributed by atoms with Crippen molar-refractivity contribution < 1.29 is 19.1 Å². The van der Waals surface area contributed by atoms with E-state index in [9.17, 15) is 9.59 Å². The number of carbonyl (C=O) groups excluding carboxylic acids is 1. The van der Waals surface area contributed by atoms with Gasteiger partial charge in [-0.25, -0.2) is 0 Å². The van der Waals surface area contributed by atoms with Crippen LogP contribution < -0.4 is 0 Å². The summed E-state index contributed by atoms with van der Waals surface area (Å²) < 4.78 is 6.36. The Morgan fingerprint density at radius 1 is 1.13 bits per heavy atom. The number of hydrogen-bond donors (Lipinski definition) is 1. The zero-order chi connectivity index (χ0) is 21.7. The minimum Gasteiger partial charge on any atom is -0.481 e. The van der Waals surface area contributed by atoms with Gasteiger partial charge in [0.2, 0.25) is 0 Å². The highest BCUT2D eigenvalue weighted by atomic mass is 35.5. The van der Waals surface area contributed by atoms with Gasteiger partial charge in [-0.3, -0.25) is 14.5 Å². The topological polar surface area (TPSA) is 70.8 Å². The Kier molecular flexibility index (Phi) is 7.99. The van der Waals surface area contributed by atoms with Gasteiger partial charge in [-0.05, 0) is 43.2 Å². The van der Waals surface area contributed by atoms with Gasteiger partial charge in [0.15, 0.2) is 0 Å². The molecule has 1 amide bonds. The molecule has 0 unspecified atom stereocenters. The molecule has 2 heterocycles. The van der Waals surface area contributed by atoms with Crippen LogP contribution in [0.25, 0.3) is 17.4 Å². The predicted octanol–water partition coefficient (Wildman–Crippen LogP) is 6.49. The Hall–Kier alpha value is -1.80. The van der Waals surface area contributed by atoms with Crippen molar-refractivity contribution >= 4 is 69.5 Å². The summed E-state index contributed by atoms with van der Waals surface area (Å²) in [7, 11) is 0. The number of carboxylic acid groups (broad SMARTS) is 1. The monoisotopic (exact) mass is 483 g/mol. The van der Waals surface area contributed by atoms with E-state index >= 15 is 0 Å². The molecule has 0 bridgehead atoms. The van der Waals surface area contributed by atoms with E-state index in [2.05, 4.69) is 0 Å². The van der Waals surface area contributed by atoms with Gasteiger partial charge < -0.3 is 9.52 Å². The number of hydrogen-bond acceptors (Lipinski definition) is 5. The molecule has 0 aliphatic carbocycles. The quantitative estimate of drug-likeness (QED) is 0.249. The third-order valence-electron chi connectivity index (χ3n) is 4.50. The molecule has 30 heavy (non-hydrogen) atoms. The summed E-state index contributed by atoms with van der Waals surface area (Å²) in [4.78, 5) is 25.3. The van der Waals surface area contributed by atoms with Crippen LogP contribution in [0.3, 0.4) is 0 Å². The lowest BCUT2D eigenvalue weighted by Gasteiger charge is -2.13. The molecule has 9 heteroatoms. The number of nitrogens with zero attached hydrogens (tertiary/aromatic N) is 1. The number of thioether (sulfide) groups is 1. The molecule has 1 aromatic heterocycles. The number of amides is 1. The summed E-state index contributed by atoms with van der Waals surface area (Å²) in [5.41, 5.74) is 0.791. The molecule has 1 aliphatic heterocycles. The van der Waals surface area contributed by atoms with Crippen LogP contribution >= 0.6 is 47.2 Å². The Morgan fingerprint density at radius 2 is 1.90 bits per heavy atom. The minimum atomic E-state index is -0.780. The lowest BCUT2D eigenvalue weighted by atomic mass is 10.1. The third-order valence-corrected chi connectivity index (χ3v) is 6.62. The van der Waals surface area contributed by atoms with Gasteiger partial charge in [0.25, 0.3) is 5.91 Å². The zero-order valence-electron chi connectivity index (χ0n) is 15.9. The second-order valence-corrected chi connectivity index (χ2v) is 9.21. The maximum absolute atomic E-state index is 12.7. The molecule has 3 rings (SSSR count). The molecule has 2 aromatic rings. The van der Waals surface area contributed by atoms with Crippen molar-refractivity contribution in [3.8, 4) is 11.3 Å². The van der Waals surface area contributed by atoms with Crippen LogP contribution in [0.5, 0.6) is 0 Å². The van der Waals surface area contributed by atoms with E-state index < -0.39 is 5.97 Å². The molecule has 0 saturated carbocycles. The highest BCUT2D eigenvalue weighted by Crippen LogP contribution is 2.34. The first-order valence-corrected chi connectivity index (χ1v) is 11.4. The number of thiocarbonyl (C=S) groups is 1. The molecule has 0 radical (unpaired) electrons. The van der Waals surface area contributed by atoms with Gasteiger partial charge in [0.1, 0.15) is 15.8 Å². The van der Waals surface area contributed by atoms with Crippen molar-refractivity contribution in [2.45, 2.75) is 32.1 Å². The number of halogens is 2. The van der Waals surface area contributed by atoms with Gasteiger partial charge >= 0.3 is 5.97 Å². The molecule has 1 aromatic carbocycles. The molecular weight excluding hydrogens is 465 g/mol. The fourth-order valence-electron chi connectivity index (χ4n) is 2.96. The van der Waals surface area contributed by atoms with Crippen molar-refractivity contribution in [1.82, 2.24) is 4.90 Å². The first-order valence-electron chi connectivity index (χ1n) is 9.37. The smallest absolute Gasteiger partial charge is 0.303 e. The molecule has 158 valence electrons. The van der Waals surface area contributed by atoms with Crippen molar-refractivity contribution in [3.05, 3.63) is 51.0 Å². The van der Waals surface area contributed by atoms with Crippen molar-refractivity contribution in [1.29, 1.82) is 0 Å². The normalized spacial score (nSPS) is 15.4. The van der Waals surface area contributed by atoms with E-state index in [1.54, 1.807) is 29.2 Å². The third kappa shape index (κ3) is 5.88. The maximum Gasteiger partial charge on any atom is 0.303 e. The van der Waals surface area contributed by atoms with Gasteiger partial charge in [-0.1, -0.05) is 60.0 Å². The van der Waals surface area contributed by atoms with E-state index in [1.165, 1.54) is 11.8 Å². The lowest BCUT2D eigenvalue weighted by Crippen LogP contribution is -2.29. The molecule has 5 nitrogen and oxygen atoms in total. The molecule has 1 aliphatic rings. The van der Waals surface area contributed by atoms with Crippen molar-refractivity contribution in [3.63, 3.8) is 0 Å². The number of furan rings is 1. The predicted molar refractivity (Wildman–Crippen MR) is 125 cm³/mol. The van der Waals surface area contributed by atoms with E-state index in [0.29, 0.717) is 43.8 Å². The average Bonchev–Trinajstić information content (AvgIpc) is 3.26. The van der Waals surface area contributed by atoms with E-state index in [1.807, 2.05) is 12.1 Å². The summed E-state index contributed by atoms with van der Waals surface area (Å²) in [6.07, 6.45) is 4.97. The van der Waals surface area contributed by atoms with E-state index in [0.717, 1.165) is 24.8 Å². The van der Waals surface area contributed by atoms with Gasteiger partial charge in [-0.15, -0.1) is 0 Å². The van der Waals surface area contributed by atoms with Crippen LogP contribution in [0.15, 0.2) is 39.7 Å². The SMILES string of the molecule is O=C(O)CCCCCCN1C(=O)C(=Cc2ccc(-c3ccc(Cl)c(Cl)c3)o2)SC1=S. The summed E-state index contributed by atoms with van der Waals surface area (Å²) in [6, 6.07) is 8.83. The minimum absolute atomic E-state index is 0.136. The number of carbonyl (C=O) groups is 2. The second kappa shape index (κ2) is 10.5. The number of rotatable bonds is 9. The largest absolute Gasteiger partial charge is 0.481 e. The summed E-state index contributed by atoms with van der Waals surface area (Å²) >= 11 is 18.6. The molecule has 1 fully saturated rings. The number of unbranched alkanes of at least 4 members (excludes halogenated alkanes) is 3. The highest BCUT2D eigenvalue weighted by molar-refractivity contribution is 8.26. The summed E-state index contributed by atoms with van der Waals surface area (Å²) in [6.45, 7) is 0.530. The Labute approximate surface area is 194 Å². The molecule has 1 N–H and O–H groups in total. The van der Waals surface area contributed by atoms with Crippen LogP contribution in [0.1, 0.15) is 37.9 Å². The Bertz CT molecular complexity index is 1000. The Balaban J connectivity index is 1.59. The fourth-order valence-corrected chi connectivity index (χ4v) is 4.54. The van der Waals surface area contributed by atoms with Crippen LogP contribution in [0.2, 0.25) is 10.0 Å². The first kappa shape index (κ1) is 22.9. The van der Waals surface area contributed by atoms with Crippen molar-refractivity contribution in [2.75, 3.05) is 6.54 Å². The molecule has 0 spiro atoms. The van der Waals surface area contributed by atoms with Gasteiger partial charge in [-0.2, -0.15) is 0 Å².